The van der Waals surface area contributed by atoms with E-state index in [4.69, 9.17) is 0 Å². The van der Waals surface area contributed by atoms with Gasteiger partial charge in [0.15, 0.2) is 0 Å². The number of hydrogen-bond donors (Lipinski definition) is 0. The van der Waals surface area contributed by atoms with Crippen LogP contribution < -0.4 is 0 Å². The summed E-state index contributed by atoms with van der Waals surface area (Å²) in [6.07, 6.45) is 14.9. The number of aryl methyl sites for hydroxylation is 3. The molecular weight excluding hydrogens is 597 g/mol. The summed E-state index contributed by atoms with van der Waals surface area (Å²) < 4.78 is 4.75. The molecule has 4 heteroatoms. The Bertz CT molecular complexity index is 2570. The molecule has 0 amide bonds. The van der Waals surface area contributed by atoms with Crippen LogP contribution in [0.4, 0.5) is 0 Å². The van der Waals surface area contributed by atoms with Crippen molar-refractivity contribution in [3.63, 3.8) is 0 Å². The van der Waals surface area contributed by atoms with Crippen LogP contribution >= 0.6 is 0 Å². The second-order valence-corrected chi connectivity index (χ2v) is 14.2. The number of benzene rings is 4. The minimum absolute atomic E-state index is 0.0943. The van der Waals surface area contributed by atoms with E-state index in [1.807, 2.05) is 24.8 Å². The zero-order chi connectivity index (χ0) is 33.4. The first kappa shape index (κ1) is 29.4. The van der Waals surface area contributed by atoms with Gasteiger partial charge in [-0.3, -0.25) is 9.97 Å². The summed E-state index contributed by atoms with van der Waals surface area (Å²) in [4.78, 5) is 8.86. The highest BCUT2D eigenvalue weighted by atomic mass is 15.0. The third-order valence-electron chi connectivity index (χ3n) is 10.7. The lowest BCUT2D eigenvalue weighted by Gasteiger charge is -2.35. The van der Waals surface area contributed by atoms with Crippen LogP contribution in [0.25, 0.3) is 66.1 Å². The monoisotopic (exact) mass is 634 g/mol. The Morgan fingerprint density at radius 3 is 1.82 bits per heavy atom. The van der Waals surface area contributed by atoms with E-state index in [0.29, 0.717) is 0 Å². The van der Waals surface area contributed by atoms with Crippen LogP contribution in [0.1, 0.15) is 42.0 Å². The maximum absolute atomic E-state index is 4.44. The first-order valence-electron chi connectivity index (χ1n) is 17.1. The van der Waals surface area contributed by atoms with Crippen LogP contribution in [-0.4, -0.2) is 19.1 Å². The van der Waals surface area contributed by atoms with Crippen LogP contribution in [0.5, 0.6) is 0 Å². The fourth-order valence-electron chi connectivity index (χ4n) is 8.35. The topological polar surface area (TPSA) is 35.6 Å². The Morgan fingerprint density at radius 2 is 1.16 bits per heavy atom. The molecule has 4 nitrogen and oxygen atoms in total. The summed E-state index contributed by atoms with van der Waals surface area (Å²) in [6, 6.07) is 33.2. The van der Waals surface area contributed by atoms with Gasteiger partial charge >= 0.3 is 0 Å². The van der Waals surface area contributed by atoms with E-state index in [1.165, 1.54) is 88.4 Å². The number of aromatic nitrogens is 4. The van der Waals surface area contributed by atoms with E-state index in [1.54, 1.807) is 0 Å². The molecule has 49 heavy (non-hydrogen) atoms. The van der Waals surface area contributed by atoms with E-state index in [0.717, 1.165) is 0 Å². The Hall–Kier alpha value is -5.74. The van der Waals surface area contributed by atoms with Crippen molar-refractivity contribution >= 4 is 49.3 Å². The summed E-state index contributed by atoms with van der Waals surface area (Å²) in [5.74, 6) is 0.257. The van der Waals surface area contributed by atoms with Gasteiger partial charge < -0.3 is 9.13 Å². The quantitative estimate of drug-likeness (QED) is 0.193. The van der Waals surface area contributed by atoms with Crippen LogP contribution in [0.2, 0.25) is 0 Å². The Balaban J connectivity index is 1.08. The van der Waals surface area contributed by atoms with Gasteiger partial charge in [0.05, 0.1) is 22.1 Å². The fraction of sp³-hybridized carbons (Fsp3) is 0.156. The third kappa shape index (κ3) is 4.51. The minimum atomic E-state index is -0.0943. The van der Waals surface area contributed by atoms with Crippen molar-refractivity contribution in [2.24, 2.45) is 5.41 Å². The predicted molar refractivity (Wildman–Crippen MR) is 205 cm³/mol. The Kier molecular flexibility index (Phi) is 6.54. The molecular formula is C45H38N4. The first-order chi connectivity index (χ1) is 23.8. The highest BCUT2D eigenvalue weighted by Crippen LogP contribution is 2.46. The molecule has 0 saturated carbocycles. The maximum atomic E-state index is 4.44. The largest absolute Gasteiger partial charge is 0.309 e. The molecule has 1 aliphatic carbocycles. The lowest BCUT2D eigenvalue weighted by atomic mass is 9.70. The maximum Gasteiger partial charge on any atom is 0.0571 e. The van der Waals surface area contributed by atoms with Gasteiger partial charge in [-0.1, -0.05) is 80.6 Å². The van der Waals surface area contributed by atoms with E-state index in [-0.39, 0.29) is 11.3 Å². The second kappa shape index (κ2) is 10.9. The zero-order valence-electron chi connectivity index (χ0n) is 28.6. The molecule has 0 spiro atoms. The summed E-state index contributed by atoms with van der Waals surface area (Å²) in [5, 5.41) is 4.82. The van der Waals surface area contributed by atoms with Gasteiger partial charge in [-0.15, -0.1) is 0 Å². The van der Waals surface area contributed by atoms with Crippen molar-refractivity contribution in [3.8, 4) is 16.8 Å². The van der Waals surface area contributed by atoms with Crippen molar-refractivity contribution in [2.45, 2.75) is 40.5 Å². The predicted octanol–water partition coefficient (Wildman–Crippen LogP) is 11.5. The molecule has 4 aromatic carbocycles. The number of pyridine rings is 2. The molecule has 0 aliphatic heterocycles. The third-order valence-corrected chi connectivity index (χ3v) is 10.7. The second-order valence-electron chi connectivity index (χ2n) is 14.2. The number of rotatable bonds is 4. The fourth-order valence-corrected chi connectivity index (χ4v) is 8.35. The minimum Gasteiger partial charge on any atom is -0.309 e. The molecule has 0 fully saturated rings. The molecule has 1 aliphatic rings. The molecule has 4 aromatic heterocycles. The zero-order valence-corrected chi connectivity index (χ0v) is 28.6. The van der Waals surface area contributed by atoms with Crippen LogP contribution in [0, 0.1) is 26.2 Å². The molecule has 1 atom stereocenters. The smallest absolute Gasteiger partial charge is 0.0571 e. The summed E-state index contributed by atoms with van der Waals surface area (Å²) in [6.45, 7) is 11.5. The van der Waals surface area contributed by atoms with E-state index in [2.05, 4.69) is 163 Å². The SMILES string of the molecule is Cc1cc(-n2c3ccccc3c3cnccc32)ccc1-c1cc(C)c(C2C=CC(n3c4ccccc4c4cnccc43)=CC2(C)C)cc1C. The van der Waals surface area contributed by atoms with Crippen LogP contribution in [0.3, 0.4) is 0 Å². The van der Waals surface area contributed by atoms with Gasteiger partial charge in [-0.05, 0) is 102 Å². The van der Waals surface area contributed by atoms with Crippen LogP contribution in [0.15, 0.2) is 134 Å². The highest BCUT2D eigenvalue weighted by molar-refractivity contribution is 6.10. The lowest BCUT2D eigenvalue weighted by Crippen LogP contribution is -2.23. The van der Waals surface area contributed by atoms with E-state index < -0.39 is 0 Å². The van der Waals surface area contributed by atoms with Crippen molar-refractivity contribution < 1.29 is 0 Å². The van der Waals surface area contributed by atoms with Gasteiger partial charge in [0.2, 0.25) is 0 Å². The molecule has 9 rings (SSSR count). The molecule has 0 radical (unpaired) electrons. The van der Waals surface area contributed by atoms with Gasteiger partial charge in [-0.25, -0.2) is 0 Å². The molecule has 8 aromatic rings. The van der Waals surface area contributed by atoms with Crippen LogP contribution in [-0.2, 0) is 0 Å². The molecule has 1 unspecified atom stereocenters. The number of allylic oxidation sites excluding steroid dienone is 4. The number of para-hydroxylation sites is 2. The summed E-state index contributed by atoms with van der Waals surface area (Å²) in [7, 11) is 0. The molecule has 0 bridgehead atoms. The number of hydrogen-bond acceptors (Lipinski definition) is 2. The molecule has 0 N–H and O–H groups in total. The van der Waals surface area contributed by atoms with Crippen molar-refractivity contribution in [3.05, 3.63) is 156 Å². The summed E-state index contributed by atoms with van der Waals surface area (Å²) in [5.41, 5.74) is 14.9. The van der Waals surface area contributed by atoms with Gasteiger partial charge in [0, 0.05) is 63.6 Å². The highest BCUT2D eigenvalue weighted by Gasteiger charge is 2.32. The molecule has 238 valence electrons. The number of nitrogens with zero attached hydrogens (tertiary/aromatic N) is 4. The Morgan fingerprint density at radius 1 is 0.571 bits per heavy atom. The summed E-state index contributed by atoms with van der Waals surface area (Å²) >= 11 is 0. The van der Waals surface area contributed by atoms with Crippen molar-refractivity contribution in [1.82, 2.24) is 19.1 Å². The average molecular weight is 635 g/mol. The molecule has 0 saturated heterocycles. The van der Waals surface area contributed by atoms with E-state index >= 15 is 0 Å². The normalized spacial score (nSPS) is 15.9. The van der Waals surface area contributed by atoms with E-state index in [9.17, 15) is 0 Å². The van der Waals surface area contributed by atoms with Crippen molar-refractivity contribution in [2.75, 3.05) is 0 Å². The van der Waals surface area contributed by atoms with Crippen molar-refractivity contribution in [1.29, 1.82) is 0 Å². The first-order valence-corrected chi connectivity index (χ1v) is 17.1. The van der Waals surface area contributed by atoms with Gasteiger partial charge in [0.25, 0.3) is 0 Å². The standard InChI is InChI=1S/C45H38N4/c1-28-22-31(48-41-12-8-6-10-34(41)38-26-46-20-18-43(38)48)14-16-33(28)36-23-30(3)37(24-29(36)2)40-17-15-32(25-45(40,4)5)49-42-13-9-7-11-35(42)39-27-47-21-19-44(39)49/h6-27,40H,1-5H3. The molecule has 4 heterocycles. The average Bonchev–Trinajstić information content (AvgIpc) is 3.62. The van der Waals surface area contributed by atoms with Gasteiger partial charge in [-0.2, -0.15) is 0 Å². The van der Waals surface area contributed by atoms with Gasteiger partial charge in [0.1, 0.15) is 0 Å². The lowest BCUT2D eigenvalue weighted by molar-refractivity contribution is 0.421. The number of fused-ring (bicyclic) bond motifs is 6. The Labute approximate surface area is 286 Å².